The maximum atomic E-state index is 13.0. The van der Waals surface area contributed by atoms with Gasteiger partial charge in [0.05, 0.1) is 16.3 Å². The lowest BCUT2D eigenvalue weighted by Gasteiger charge is -2.28. The lowest BCUT2D eigenvalue weighted by Crippen LogP contribution is -2.41. The largest absolute Gasteiger partial charge is 0.337 e. The van der Waals surface area contributed by atoms with Crippen LogP contribution in [0.2, 0.25) is 0 Å². The minimum atomic E-state index is -0.298. The number of aromatic nitrogens is 1. The van der Waals surface area contributed by atoms with Gasteiger partial charge in [-0.1, -0.05) is 36.4 Å². The molecule has 166 valence electrons. The van der Waals surface area contributed by atoms with Crippen LogP contribution in [0.4, 0.5) is 0 Å². The fourth-order valence-corrected chi connectivity index (χ4v) is 5.36. The Balaban J connectivity index is 1.25. The first kappa shape index (κ1) is 21.3. The monoisotopic (exact) mass is 457 g/mol. The van der Waals surface area contributed by atoms with Crippen LogP contribution in [-0.2, 0) is 4.79 Å². The van der Waals surface area contributed by atoms with E-state index in [1.807, 2.05) is 55.5 Å². The number of carbonyl (C=O) groups excluding carboxylic acids is 3. The number of hydrogen-bond acceptors (Lipinski definition) is 5. The number of para-hydroxylation sites is 1. The lowest BCUT2D eigenvalue weighted by atomic mass is 9.94. The van der Waals surface area contributed by atoms with E-state index in [4.69, 9.17) is 0 Å². The molecule has 3 aromatic carbocycles. The predicted octanol–water partition coefficient (Wildman–Crippen LogP) is 5.05. The highest BCUT2D eigenvalue weighted by Gasteiger charge is 2.32. The number of carbonyl (C=O) groups is 3. The van der Waals surface area contributed by atoms with Gasteiger partial charge in [-0.15, -0.1) is 11.3 Å². The quantitative estimate of drug-likeness (QED) is 0.380. The molecule has 0 aliphatic carbocycles. The minimum absolute atomic E-state index is 0.0406. The zero-order valence-corrected chi connectivity index (χ0v) is 19.3. The summed E-state index contributed by atoms with van der Waals surface area (Å²) >= 11 is 1.59. The molecule has 4 aromatic rings. The van der Waals surface area contributed by atoms with Crippen LogP contribution in [0.5, 0.6) is 0 Å². The highest BCUT2D eigenvalue weighted by Crippen LogP contribution is 2.31. The molecule has 2 heterocycles. The molecule has 0 N–H and O–H groups in total. The Morgan fingerprint density at radius 2 is 1.67 bits per heavy atom. The molecule has 3 amide bonds. The number of amides is 3. The smallest absolute Gasteiger partial charge is 0.261 e. The van der Waals surface area contributed by atoms with Gasteiger partial charge >= 0.3 is 0 Å². The third kappa shape index (κ3) is 3.68. The molecule has 0 bridgehead atoms. The molecule has 33 heavy (non-hydrogen) atoms. The van der Waals surface area contributed by atoms with E-state index in [9.17, 15) is 14.4 Å². The zero-order chi connectivity index (χ0) is 23.1. The van der Waals surface area contributed by atoms with Crippen LogP contribution in [0.3, 0.4) is 0 Å². The highest BCUT2D eigenvalue weighted by molar-refractivity contribution is 7.18. The van der Waals surface area contributed by atoms with Gasteiger partial charge in [0.15, 0.2) is 0 Å². The van der Waals surface area contributed by atoms with E-state index in [-0.39, 0.29) is 36.7 Å². The molecule has 0 saturated carbocycles. The Morgan fingerprint density at radius 3 is 2.33 bits per heavy atom. The second-order valence-corrected chi connectivity index (χ2v) is 9.34. The van der Waals surface area contributed by atoms with Crippen LogP contribution in [-0.4, -0.2) is 46.1 Å². The van der Waals surface area contributed by atoms with Gasteiger partial charge < -0.3 is 4.90 Å². The molecule has 1 aliphatic heterocycles. The summed E-state index contributed by atoms with van der Waals surface area (Å²) in [6.45, 7) is 2.17. The standard InChI is InChI=1S/C26H23N3O3S/c1-16(24-27-20-12-3-4-13-21(20)33-24)28(2)22(30)14-7-15-29-25(31)18-10-5-8-17-9-6-11-19(23(17)18)26(29)32/h3-6,8-13,16H,7,14-15H2,1-2H3. The van der Waals surface area contributed by atoms with E-state index < -0.39 is 0 Å². The predicted molar refractivity (Wildman–Crippen MR) is 129 cm³/mol. The molecule has 1 unspecified atom stereocenters. The van der Waals surface area contributed by atoms with Crippen LogP contribution in [0, 0.1) is 0 Å². The maximum Gasteiger partial charge on any atom is 0.261 e. The fraction of sp³-hybridized carbons (Fsp3) is 0.231. The average Bonchev–Trinajstić information content (AvgIpc) is 3.27. The van der Waals surface area contributed by atoms with E-state index >= 15 is 0 Å². The van der Waals surface area contributed by atoms with E-state index in [1.54, 1.807) is 35.4 Å². The van der Waals surface area contributed by atoms with Gasteiger partial charge in [-0.05, 0) is 43.0 Å². The second-order valence-electron chi connectivity index (χ2n) is 8.28. The summed E-state index contributed by atoms with van der Waals surface area (Å²) < 4.78 is 1.10. The molecule has 1 aliphatic rings. The van der Waals surface area contributed by atoms with Crippen molar-refractivity contribution in [1.29, 1.82) is 0 Å². The number of imide groups is 1. The molecule has 5 rings (SSSR count). The van der Waals surface area contributed by atoms with Crippen molar-refractivity contribution in [3.8, 4) is 0 Å². The molecule has 7 heteroatoms. The lowest BCUT2D eigenvalue weighted by molar-refractivity contribution is -0.132. The fourth-order valence-electron chi connectivity index (χ4n) is 4.30. The van der Waals surface area contributed by atoms with Crippen molar-refractivity contribution in [3.63, 3.8) is 0 Å². The Hall–Kier alpha value is -3.58. The van der Waals surface area contributed by atoms with Gasteiger partial charge in [0.1, 0.15) is 5.01 Å². The zero-order valence-electron chi connectivity index (χ0n) is 18.4. The first-order valence-electron chi connectivity index (χ1n) is 10.9. The Kier molecular flexibility index (Phi) is 5.42. The first-order valence-corrected chi connectivity index (χ1v) is 11.8. The third-order valence-corrected chi connectivity index (χ3v) is 7.48. The number of thiazole rings is 1. The van der Waals surface area contributed by atoms with Crippen LogP contribution in [0.15, 0.2) is 60.7 Å². The maximum absolute atomic E-state index is 13.0. The minimum Gasteiger partial charge on any atom is -0.337 e. The molecule has 1 aromatic heterocycles. The summed E-state index contributed by atoms with van der Waals surface area (Å²) in [5.41, 5.74) is 2.01. The van der Waals surface area contributed by atoms with Crippen LogP contribution < -0.4 is 0 Å². The summed E-state index contributed by atoms with van der Waals surface area (Å²) in [4.78, 5) is 46.5. The van der Waals surface area contributed by atoms with Crippen LogP contribution in [0.25, 0.3) is 21.0 Å². The van der Waals surface area contributed by atoms with Gasteiger partial charge in [0.2, 0.25) is 5.91 Å². The molecular formula is C26H23N3O3S. The number of fused-ring (bicyclic) bond motifs is 1. The molecule has 0 fully saturated rings. The van der Waals surface area contributed by atoms with Crippen molar-refractivity contribution in [2.75, 3.05) is 13.6 Å². The molecule has 0 saturated heterocycles. The average molecular weight is 458 g/mol. The van der Waals surface area contributed by atoms with E-state index in [0.29, 0.717) is 22.9 Å². The molecule has 0 spiro atoms. The third-order valence-electron chi connectivity index (χ3n) is 6.27. The molecule has 6 nitrogen and oxygen atoms in total. The van der Waals surface area contributed by atoms with Gasteiger partial charge in [-0.3, -0.25) is 19.3 Å². The second kappa shape index (κ2) is 8.41. The topological polar surface area (TPSA) is 70.6 Å². The van der Waals surface area contributed by atoms with E-state index in [1.165, 1.54) is 4.90 Å². The Morgan fingerprint density at radius 1 is 1.00 bits per heavy atom. The van der Waals surface area contributed by atoms with Crippen molar-refractivity contribution in [2.45, 2.75) is 25.8 Å². The van der Waals surface area contributed by atoms with Gasteiger partial charge in [-0.25, -0.2) is 4.98 Å². The SMILES string of the molecule is CC(c1nc2ccccc2s1)N(C)C(=O)CCCN1C(=O)c2cccc3cccc(c23)C1=O. The van der Waals surface area contributed by atoms with Gasteiger partial charge in [0.25, 0.3) is 11.8 Å². The summed E-state index contributed by atoms with van der Waals surface area (Å²) in [7, 11) is 1.77. The number of hydrogen-bond donors (Lipinski definition) is 0. The van der Waals surface area contributed by atoms with Crippen molar-refractivity contribution in [3.05, 3.63) is 76.8 Å². The van der Waals surface area contributed by atoms with Gasteiger partial charge in [-0.2, -0.15) is 0 Å². The van der Waals surface area contributed by atoms with Crippen molar-refractivity contribution >= 4 is 50.0 Å². The van der Waals surface area contributed by atoms with E-state index in [2.05, 4.69) is 4.98 Å². The summed E-state index contributed by atoms with van der Waals surface area (Å²) in [6.07, 6.45) is 0.653. The number of nitrogens with zero attached hydrogens (tertiary/aromatic N) is 3. The van der Waals surface area contributed by atoms with Crippen LogP contribution >= 0.6 is 11.3 Å². The first-order chi connectivity index (χ1) is 16.0. The number of rotatable bonds is 6. The van der Waals surface area contributed by atoms with Crippen LogP contribution in [0.1, 0.15) is 51.5 Å². The van der Waals surface area contributed by atoms with Gasteiger partial charge in [0, 0.05) is 36.5 Å². The summed E-state index contributed by atoms with van der Waals surface area (Å²) in [5, 5.41) is 2.48. The highest BCUT2D eigenvalue weighted by atomic mass is 32.1. The Labute approximate surface area is 195 Å². The normalized spacial score (nSPS) is 14.2. The van der Waals surface area contributed by atoms with E-state index in [0.717, 1.165) is 20.6 Å². The molecule has 0 radical (unpaired) electrons. The number of benzene rings is 3. The Bertz CT molecular complexity index is 1330. The summed E-state index contributed by atoms with van der Waals surface area (Å²) in [6, 6.07) is 18.7. The van der Waals surface area contributed by atoms with Crippen molar-refractivity contribution in [2.24, 2.45) is 0 Å². The van der Waals surface area contributed by atoms with Crippen molar-refractivity contribution < 1.29 is 14.4 Å². The molecule has 1 atom stereocenters. The van der Waals surface area contributed by atoms with Crippen molar-refractivity contribution in [1.82, 2.24) is 14.8 Å². The molecular weight excluding hydrogens is 434 g/mol. The summed E-state index contributed by atoms with van der Waals surface area (Å²) in [5.74, 6) is -0.637.